The van der Waals surface area contributed by atoms with Gasteiger partial charge in [0.25, 0.3) is 11.8 Å². The maximum Gasteiger partial charge on any atom is 0.258 e. The molecule has 11 heteroatoms. The average molecular weight is 580 g/mol. The van der Waals surface area contributed by atoms with Gasteiger partial charge in [-0.3, -0.25) is 19.3 Å². The summed E-state index contributed by atoms with van der Waals surface area (Å²) in [5.74, 6) is -0.968. The van der Waals surface area contributed by atoms with Gasteiger partial charge in [0.2, 0.25) is 5.91 Å². The van der Waals surface area contributed by atoms with E-state index >= 15 is 0 Å². The van der Waals surface area contributed by atoms with Crippen LogP contribution in [-0.2, 0) is 16.1 Å². The van der Waals surface area contributed by atoms with Gasteiger partial charge in [-0.15, -0.1) is 11.3 Å². The normalized spacial score (nSPS) is 18.7. The summed E-state index contributed by atoms with van der Waals surface area (Å²) in [6, 6.07) is 13.5. The van der Waals surface area contributed by atoms with E-state index in [2.05, 4.69) is 20.9 Å². The number of aromatic hydroxyl groups is 1. The van der Waals surface area contributed by atoms with Crippen molar-refractivity contribution < 1.29 is 24.2 Å². The fraction of sp³-hybridized carbons (Fsp3) is 0.400. The molecule has 2 heterocycles. The maximum atomic E-state index is 12.8. The van der Waals surface area contributed by atoms with Crippen LogP contribution in [0.15, 0.2) is 53.9 Å². The zero-order chi connectivity index (χ0) is 29.2. The molecule has 3 amide bonds. The number of aromatic nitrogens is 1. The summed E-state index contributed by atoms with van der Waals surface area (Å²) >= 11 is 1.63. The molecule has 0 saturated carbocycles. The van der Waals surface area contributed by atoms with Crippen molar-refractivity contribution in [1.82, 2.24) is 25.4 Å². The quantitative estimate of drug-likeness (QED) is 0.435. The Bertz CT molecular complexity index is 1330. The fourth-order valence-corrected chi connectivity index (χ4v) is 5.45. The Hall–Kier alpha value is -3.96. The third kappa shape index (κ3) is 9.02. The van der Waals surface area contributed by atoms with Gasteiger partial charge in [0.05, 0.1) is 12.2 Å². The second-order valence-corrected chi connectivity index (χ2v) is 11.1. The SMILES string of the molecule is C[C@@H]1NC(=O)COc2cc(O)cc(c2)C(=O)NCCCN(Cc2nc(-c3ccccc3)cs2)CCCCN(C)C1=O. The molecule has 1 aliphatic heterocycles. The Morgan fingerprint density at radius 1 is 1.02 bits per heavy atom. The molecule has 0 fully saturated rings. The van der Waals surface area contributed by atoms with Gasteiger partial charge in [-0.1, -0.05) is 30.3 Å². The third-order valence-corrected chi connectivity index (χ3v) is 7.62. The summed E-state index contributed by atoms with van der Waals surface area (Å²) < 4.78 is 5.49. The van der Waals surface area contributed by atoms with E-state index in [9.17, 15) is 19.5 Å². The number of carbonyl (C=O) groups excluding carboxylic acids is 3. The van der Waals surface area contributed by atoms with Crippen molar-refractivity contribution in [2.24, 2.45) is 0 Å². The van der Waals surface area contributed by atoms with Gasteiger partial charge in [0, 0.05) is 49.3 Å². The summed E-state index contributed by atoms with van der Waals surface area (Å²) in [5, 5.41) is 18.7. The van der Waals surface area contributed by atoms with E-state index in [1.165, 1.54) is 18.2 Å². The number of phenols is 1. The Morgan fingerprint density at radius 3 is 2.59 bits per heavy atom. The summed E-state index contributed by atoms with van der Waals surface area (Å²) in [7, 11) is 1.74. The largest absolute Gasteiger partial charge is 0.508 e. The molecule has 1 aliphatic rings. The molecule has 2 bridgehead atoms. The van der Waals surface area contributed by atoms with Crippen LogP contribution in [0.4, 0.5) is 0 Å². The highest BCUT2D eigenvalue weighted by Crippen LogP contribution is 2.23. The number of nitrogens with zero attached hydrogens (tertiary/aromatic N) is 3. The van der Waals surface area contributed by atoms with Crippen LogP contribution in [0.2, 0.25) is 0 Å². The van der Waals surface area contributed by atoms with Crippen LogP contribution >= 0.6 is 11.3 Å². The lowest BCUT2D eigenvalue weighted by atomic mass is 10.2. The van der Waals surface area contributed by atoms with Crippen molar-refractivity contribution in [3.8, 4) is 22.8 Å². The molecular weight excluding hydrogens is 542 g/mol. The van der Waals surface area contributed by atoms with Gasteiger partial charge in [-0.05, 0) is 44.9 Å². The summed E-state index contributed by atoms with van der Waals surface area (Å²) in [5.41, 5.74) is 2.28. The molecule has 0 spiro atoms. The van der Waals surface area contributed by atoms with Crippen molar-refractivity contribution in [3.05, 3.63) is 64.5 Å². The molecule has 1 atom stereocenters. The van der Waals surface area contributed by atoms with E-state index in [4.69, 9.17) is 9.72 Å². The number of hydrogen-bond acceptors (Lipinski definition) is 8. The van der Waals surface area contributed by atoms with Crippen LogP contribution in [0.5, 0.6) is 11.5 Å². The van der Waals surface area contributed by atoms with Crippen molar-refractivity contribution in [2.45, 2.75) is 38.8 Å². The number of rotatable bonds is 3. The minimum Gasteiger partial charge on any atom is -0.508 e. The minimum absolute atomic E-state index is 0.148. The third-order valence-electron chi connectivity index (χ3n) is 6.78. The lowest BCUT2D eigenvalue weighted by Crippen LogP contribution is -2.47. The Balaban J connectivity index is 1.45. The molecule has 2 aromatic carbocycles. The molecule has 4 rings (SSSR count). The number of carbonyl (C=O) groups is 3. The number of nitrogens with one attached hydrogen (secondary N) is 2. The van der Waals surface area contributed by atoms with Gasteiger partial charge in [0.15, 0.2) is 6.61 Å². The maximum absolute atomic E-state index is 12.8. The fourth-order valence-electron chi connectivity index (χ4n) is 4.61. The minimum atomic E-state index is -0.715. The lowest BCUT2D eigenvalue weighted by molar-refractivity contribution is -0.135. The van der Waals surface area contributed by atoms with E-state index in [1.807, 2.05) is 30.3 Å². The van der Waals surface area contributed by atoms with E-state index in [1.54, 1.807) is 30.2 Å². The standard InChI is InChI=1S/C30H37N5O5S/c1-21-30(39)34(2)12-6-7-13-35(18-28-33-26(20-41-28)22-9-4-3-5-10-22)14-8-11-31-29(38)23-15-24(36)17-25(16-23)40-19-27(37)32-21/h3-5,9-10,15-17,20-21,36H,6-8,11-14,18-19H2,1-2H3,(H,31,38)(H,32,37)/t21-/m0/s1. The van der Waals surface area contributed by atoms with Gasteiger partial charge < -0.3 is 25.4 Å². The second kappa shape index (κ2) is 14.6. The Labute approximate surface area is 244 Å². The number of hydrogen-bond donors (Lipinski definition) is 3. The van der Waals surface area contributed by atoms with Crippen molar-refractivity contribution in [1.29, 1.82) is 0 Å². The molecule has 218 valence electrons. The highest BCUT2D eigenvalue weighted by molar-refractivity contribution is 7.09. The van der Waals surface area contributed by atoms with Crippen LogP contribution in [0, 0.1) is 0 Å². The zero-order valence-corrected chi connectivity index (χ0v) is 24.3. The van der Waals surface area contributed by atoms with E-state index in [-0.39, 0.29) is 35.5 Å². The average Bonchev–Trinajstić information content (AvgIpc) is 3.43. The Kier molecular flexibility index (Phi) is 10.7. The van der Waals surface area contributed by atoms with Crippen LogP contribution in [0.3, 0.4) is 0 Å². The number of ether oxygens (including phenoxy) is 1. The first kappa shape index (κ1) is 30.0. The second-order valence-electron chi connectivity index (χ2n) is 10.1. The molecular formula is C30H37N5O5S. The lowest BCUT2D eigenvalue weighted by Gasteiger charge is -2.24. The van der Waals surface area contributed by atoms with Gasteiger partial charge in [-0.2, -0.15) is 0 Å². The van der Waals surface area contributed by atoms with Crippen LogP contribution in [-0.4, -0.2) is 83.5 Å². The van der Waals surface area contributed by atoms with Gasteiger partial charge >= 0.3 is 0 Å². The number of fused-ring (bicyclic) bond motifs is 2. The first-order valence-corrected chi connectivity index (χ1v) is 14.7. The number of amides is 3. The molecule has 10 nitrogen and oxygen atoms in total. The van der Waals surface area contributed by atoms with E-state index in [0.717, 1.165) is 48.6 Å². The monoisotopic (exact) mass is 579 g/mol. The predicted molar refractivity (Wildman–Crippen MR) is 158 cm³/mol. The molecule has 0 radical (unpaired) electrons. The van der Waals surface area contributed by atoms with Crippen LogP contribution in [0.1, 0.15) is 41.6 Å². The topological polar surface area (TPSA) is 124 Å². The summed E-state index contributed by atoms with van der Waals surface area (Å²) in [4.78, 5) is 46.7. The first-order chi connectivity index (χ1) is 19.8. The van der Waals surface area contributed by atoms with E-state index < -0.39 is 11.9 Å². The molecule has 3 aromatic rings. The van der Waals surface area contributed by atoms with Gasteiger partial charge in [-0.25, -0.2) is 4.98 Å². The molecule has 3 N–H and O–H groups in total. The Morgan fingerprint density at radius 2 is 1.78 bits per heavy atom. The van der Waals surface area contributed by atoms with Gasteiger partial charge in [0.1, 0.15) is 22.5 Å². The smallest absolute Gasteiger partial charge is 0.258 e. The van der Waals surface area contributed by atoms with E-state index in [0.29, 0.717) is 19.6 Å². The number of likely N-dealkylation sites (N-methyl/N-ethyl adjacent to an activating group) is 1. The molecule has 0 unspecified atom stereocenters. The first-order valence-electron chi connectivity index (χ1n) is 13.8. The highest BCUT2D eigenvalue weighted by atomic mass is 32.1. The predicted octanol–water partition coefficient (Wildman–Crippen LogP) is 3.27. The number of thiazole rings is 1. The molecule has 0 aliphatic carbocycles. The summed E-state index contributed by atoms with van der Waals surface area (Å²) in [6.07, 6.45) is 2.41. The molecule has 0 saturated heterocycles. The molecule has 41 heavy (non-hydrogen) atoms. The van der Waals surface area contributed by atoms with Crippen LogP contribution in [0.25, 0.3) is 11.3 Å². The van der Waals surface area contributed by atoms with Crippen LogP contribution < -0.4 is 15.4 Å². The summed E-state index contributed by atoms with van der Waals surface area (Å²) in [6.45, 7) is 4.57. The van der Waals surface area contributed by atoms with Crippen molar-refractivity contribution in [3.63, 3.8) is 0 Å². The number of phenolic OH excluding ortho intramolecular Hbond substituents is 1. The van der Waals surface area contributed by atoms with Crippen molar-refractivity contribution in [2.75, 3.05) is 39.8 Å². The van der Waals surface area contributed by atoms with Crippen molar-refractivity contribution >= 4 is 29.1 Å². The highest BCUT2D eigenvalue weighted by Gasteiger charge is 2.20. The number of benzene rings is 2. The molecule has 1 aromatic heterocycles. The zero-order valence-electron chi connectivity index (χ0n) is 23.5.